The van der Waals surface area contributed by atoms with Crippen LogP contribution in [0.25, 0.3) is 0 Å². The van der Waals surface area contributed by atoms with Crippen molar-refractivity contribution in [1.82, 2.24) is 14.8 Å². The molecule has 0 radical (unpaired) electrons. The van der Waals surface area contributed by atoms with Crippen LogP contribution in [0.15, 0.2) is 30.5 Å². The van der Waals surface area contributed by atoms with Crippen molar-refractivity contribution in [2.24, 2.45) is 0 Å². The van der Waals surface area contributed by atoms with Gasteiger partial charge in [-0.3, -0.25) is 14.7 Å². The first-order chi connectivity index (χ1) is 15.5. The second-order valence-corrected chi connectivity index (χ2v) is 9.14. The van der Waals surface area contributed by atoms with Crippen LogP contribution >= 0.6 is 0 Å². The predicted molar refractivity (Wildman–Crippen MR) is 125 cm³/mol. The number of carbonyl (C=O) groups excluding carboxylic acids is 1. The number of amides is 1. The Morgan fingerprint density at radius 1 is 1.16 bits per heavy atom. The lowest BCUT2D eigenvalue weighted by atomic mass is 9.96. The van der Waals surface area contributed by atoms with E-state index < -0.39 is 0 Å². The molecule has 2 fully saturated rings. The van der Waals surface area contributed by atoms with Crippen LogP contribution in [-0.4, -0.2) is 60.1 Å². The molecule has 2 aliphatic rings. The molecular weight excluding hydrogens is 402 g/mol. The smallest absolute Gasteiger partial charge is 0.257 e. The van der Waals surface area contributed by atoms with Crippen LogP contribution in [0.2, 0.25) is 0 Å². The van der Waals surface area contributed by atoms with Gasteiger partial charge in [-0.1, -0.05) is 12.1 Å². The molecule has 1 aliphatic heterocycles. The van der Waals surface area contributed by atoms with E-state index in [1.165, 1.54) is 6.42 Å². The SMILES string of the molecule is COc1c(C)cnc(CN2CCC(N(C)C(=O)c3ccccc3OC3CCC3)CC2)c1C. The molecule has 1 saturated carbocycles. The molecule has 172 valence electrons. The van der Waals surface area contributed by atoms with E-state index >= 15 is 0 Å². The van der Waals surface area contributed by atoms with E-state index in [1.807, 2.05) is 49.3 Å². The van der Waals surface area contributed by atoms with Crippen LogP contribution in [0, 0.1) is 13.8 Å². The van der Waals surface area contributed by atoms with Gasteiger partial charge >= 0.3 is 0 Å². The zero-order chi connectivity index (χ0) is 22.7. The molecule has 0 unspecified atom stereocenters. The third-order valence-electron chi connectivity index (χ3n) is 7.01. The Bertz CT molecular complexity index is 949. The first-order valence-electron chi connectivity index (χ1n) is 11.7. The number of aryl methyl sites for hydroxylation is 1. The Balaban J connectivity index is 1.36. The van der Waals surface area contributed by atoms with Crippen molar-refractivity contribution in [2.75, 3.05) is 27.2 Å². The normalized spacial score (nSPS) is 17.6. The second kappa shape index (κ2) is 9.90. The molecule has 1 saturated heterocycles. The number of rotatable bonds is 7. The van der Waals surface area contributed by atoms with E-state index in [9.17, 15) is 4.79 Å². The van der Waals surface area contributed by atoms with Crippen molar-refractivity contribution in [2.45, 2.75) is 64.6 Å². The Morgan fingerprint density at radius 2 is 1.88 bits per heavy atom. The molecule has 6 heteroatoms. The standard InChI is InChI=1S/C26H35N3O3/c1-18-16-27-23(19(2)25(18)31-4)17-29-14-12-20(13-15-29)28(3)26(30)22-10-5-6-11-24(22)32-21-8-7-9-21/h5-6,10-11,16,20-21H,7-9,12-15,17H2,1-4H3. The average molecular weight is 438 g/mol. The summed E-state index contributed by atoms with van der Waals surface area (Å²) in [5.74, 6) is 1.71. The first kappa shape index (κ1) is 22.6. The van der Waals surface area contributed by atoms with Gasteiger partial charge in [0.15, 0.2) is 0 Å². The zero-order valence-electron chi connectivity index (χ0n) is 19.8. The summed E-state index contributed by atoms with van der Waals surface area (Å²) in [6, 6.07) is 7.91. The molecule has 0 N–H and O–H groups in total. The highest BCUT2D eigenvalue weighted by Gasteiger charge is 2.29. The van der Waals surface area contributed by atoms with Crippen molar-refractivity contribution < 1.29 is 14.3 Å². The number of carbonyl (C=O) groups is 1. The maximum absolute atomic E-state index is 13.3. The quantitative estimate of drug-likeness (QED) is 0.644. The highest BCUT2D eigenvalue weighted by molar-refractivity contribution is 5.97. The minimum Gasteiger partial charge on any atom is -0.496 e. The largest absolute Gasteiger partial charge is 0.496 e. The molecule has 32 heavy (non-hydrogen) atoms. The monoisotopic (exact) mass is 437 g/mol. The van der Waals surface area contributed by atoms with Crippen LogP contribution in [0.1, 0.15) is 59.3 Å². The lowest BCUT2D eigenvalue weighted by molar-refractivity contribution is 0.0621. The molecule has 1 amide bonds. The number of para-hydroxylation sites is 1. The number of hydrogen-bond donors (Lipinski definition) is 0. The molecule has 4 rings (SSSR count). The molecule has 6 nitrogen and oxygen atoms in total. The van der Waals surface area contributed by atoms with Gasteiger partial charge in [-0.2, -0.15) is 0 Å². The van der Waals surface area contributed by atoms with E-state index in [2.05, 4.69) is 16.8 Å². The van der Waals surface area contributed by atoms with E-state index in [0.29, 0.717) is 5.56 Å². The highest BCUT2D eigenvalue weighted by atomic mass is 16.5. The van der Waals surface area contributed by atoms with Crippen LogP contribution in [0.4, 0.5) is 0 Å². The molecule has 0 spiro atoms. The van der Waals surface area contributed by atoms with E-state index in [1.54, 1.807) is 7.11 Å². The summed E-state index contributed by atoms with van der Waals surface area (Å²) < 4.78 is 11.6. The van der Waals surface area contributed by atoms with E-state index in [4.69, 9.17) is 9.47 Å². The number of pyridine rings is 1. The van der Waals surface area contributed by atoms with Crippen molar-refractivity contribution in [3.63, 3.8) is 0 Å². The number of ether oxygens (including phenoxy) is 2. The van der Waals surface area contributed by atoms with Gasteiger partial charge in [0.05, 0.1) is 24.5 Å². The van der Waals surface area contributed by atoms with E-state index in [0.717, 1.165) is 73.6 Å². The third-order valence-corrected chi connectivity index (χ3v) is 7.01. The molecule has 2 aromatic rings. The van der Waals surface area contributed by atoms with Crippen LogP contribution in [0.3, 0.4) is 0 Å². The molecule has 1 aromatic carbocycles. The molecule has 0 bridgehead atoms. The average Bonchev–Trinajstić information content (AvgIpc) is 2.78. The van der Waals surface area contributed by atoms with Crippen molar-refractivity contribution in [1.29, 1.82) is 0 Å². The summed E-state index contributed by atoms with van der Waals surface area (Å²) in [6.07, 6.45) is 7.43. The minimum absolute atomic E-state index is 0.0548. The fourth-order valence-electron chi connectivity index (χ4n) is 4.68. The summed E-state index contributed by atoms with van der Waals surface area (Å²) in [5, 5.41) is 0. The molecule has 1 aliphatic carbocycles. The fraction of sp³-hybridized carbons (Fsp3) is 0.538. The number of benzene rings is 1. The molecular formula is C26H35N3O3. The van der Waals surface area contributed by atoms with Gasteiger partial charge in [0.1, 0.15) is 11.5 Å². The molecule has 1 aromatic heterocycles. The van der Waals surface area contributed by atoms with Gasteiger partial charge in [-0.15, -0.1) is 0 Å². The number of likely N-dealkylation sites (tertiary alicyclic amines) is 1. The summed E-state index contributed by atoms with van der Waals surface area (Å²) in [5.41, 5.74) is 3.92. The third kappa shape index (κ3) is 4.75. The van der Waals surface area contributed by atoms with Crippen LogP contribution in [0.5, 0.6) is 11.5 Å². The topological polar surface area (TPSA) is 54.9 Å². The Morgan fingerprint density at radius 3 is 2.53 bits per heavy atom. The number of hydrogen-bond acceptors (Lipinski definition) is 5. The number of aromatic nitrogens is 1. The minimum atomic E-state index is 0.0548. The predicted octanol–water partition coefficient (Wildman–Crippen LogP) is 4.37. The zero-order valence-corrected chi connectivity index (χ0v) is 19.8. The Hall–Kier alpha value is -2.60. The van der Waals surface area contributed by atoms with Gasteiger partial charge in [-0.05, 0) is 58.1 Å². The van der Waals surface area contributed by atoms with Gasteiger partial charge in [0.25, 0.3) is 5.91 Å². The Labute approximate surface area is 191 Å². The van der Waals surface area contributed by atoms with Gasteiger partial charge in [0, 0.05) is 50.0 Å². The van der Waals surface area contributed by atoms with Crippen molar-refractivity contribution in [3.8, 4) is 11.5 Å². The highest BCUT2D eigenvalue weighted by Crippen LogP contribution is 2.30. The van der Waals surface area contributed by atoms with Crippen LogP contribution < -0.4 is 9.47 Å². The summed E-state index contributed by atoms with van der Waals surface area (Å²) >= 11 is 0. The lowest BCUT2D eigenvalue weighted by Gasteiger charge is -2.37. The first-order valence-corrected chi connectivity index (χ1v) is 11.7. The van der Waals surface area contributed by atoms with Gasteiger partial charge in [-0.25, -0.2) is 0 Å². The van der Waals surface area contributed by atoms with Crippen LogP contribution in [-0.2, 0) is 6.54 Å². The summed E-state index contributed by atoms with van der Waals surface area (Å²) in [7, 11) is 3.65. The van der Waals surface area contributed by atoms with Crippen molar-refractivity contribution >= 4 is 5.91 Å². The fourth-order valence-corrected chi connectivity index (χ4v) is 4.68. The van der Waals surface area contributed by atoms with Gasteiger partial charge < -0.3 is 14.4 Å². The molecule has 2 heterocycles. The maximum atomic E-state index is 13.3. The number of methoxy groups -OCH3 is 1. The molecule has 0 atom stereocenters. The Kier molecular flexibility index (Phi) is 6.99. The van der Waals surface area contributed by atoms with Gasteiger partial charge in [0.2, 0.25) is 0 Å². The number of nitrogens with zero attached hydrogens (tertiary/aromatic N) is 3. The lowest BCUT2D eigenvalue weighted by Crippen LogP contribution is -2.45. The number of piperidine rings is 1. The van der Waals surface area contributed by atoms with E-state index in [-0.39, 0.29) is 18.1 Å². The second-order valence-electron chi connectivity index (χ2n) is 9.14. The summed E-state index contributed by atoms with van der Waals surface area (Å²) in [6.45, 7) is 6.80. The van der Waals surface area contributed by atoms with Crippen molar-refractivity contribution in [3.05, 3.63) is 52.8 Å². The maximum Gasteiger partial charge on any atom is 0.257 e. The summed E-state index contributed by atoms with van der Waals surface area (Å²) in [4.78, 5) is 22.3.